The molecule has 0 saturated carbocycles. The Labute approximate surface area is 128 Å². The van der Waals surface area contributed by atoms with Gasteiger partial charge in [0.1, 0.15) is 5.75 Å². The monoisotopic (exact) mass is 304 g/mol. The molecular weight excluding hydrogens is 284 g/mol. The first-order valence-corrected chi connectivity index (χ1v) is 8.19. The summed E-state index contributed by atoms with van der Waals surface area (Å²) in [6, 6.07) is 17.2. The summed E-state index contributed by atoms with van der Waals surface area (Å²) in [6.07, 6.45) is -0.0619. The van der Waals surface area contributed by atoms with E-state index in [0.29, 0.717) is 12.4 Å². The van der Waals surface area contributed by atoms with Crippen LogP contribution >= 0.6 is 0 Å². The molecular formula is C17H20O3S. The van der Waals surface area contributed by atoms with Gasteiger partial charge in [-0.2, -0.15) is 0 Å². The van der Waals surface area contributed by atoms with Gasteiger partial charge in [-0.15, -0.1) is 0 Å². The molecule has 0 heterocycles. The SMILES string of the molecule is COc1ccc(CO[C@H](C)CS(=O)c2ccccc2)cc1. The molecule has 21 heavy (non-hydrogen) atoms. The average molecular weight is 304 g/mol. The molecule has 0 aromatic heterocycles. The molecule has 2 atom stereocenters. The van der Waals surface area contributed by atoms with E-state index in [4.69, 9.17) is 9.47 Å². The summed E-state index contributed by atoms with van der Waals surface area (Å²) in [4.78, 5) is 0.845. The third kappa shape index (κ3) is 4.99. The van der Waals surface area contributed by atoms with Crippen LogP contribution in [0.15, 0.2) is 59.5 Å². The molecule has 0 N–H and O–H groups in total. The van der Waals surface area contributed by atoms with Crippen molar-refractivity contribution < 1.29 is 13.7 Å². The van der Waals surface area contributed by atoms with Crippen LogP contribution < -0.4 is 4.74 Å². The van der Waals surface area contributed by atoms with Crippen LogP contribution in [-0.2, 0) is 22.1 Å². The zero-order valence-electron chi connectivity index (χ0n) is 12.3. The normalized spacial score (nSPS) is 13.6. The highest BCUT2D eigenvalue weighted by molar-refractivity contribution is 7.85. The second-order valence-corrected chi connectivity index (χ2v) is 6.29. The number of methoxy groups -OCH3 is 1. The molecule has 0 radical (unpaired) electrons. The minimum absolute atomic E-state index is 0.0619. The van der Waals surface area contributed by atoms with Crippen molar-refractivity contribution in [1.82, 2.24) is 0 Å². The summed E-state index contributed by atoms with van der Waals surface area (Å²) in [5, 5.41) is 0. The van der Waals surface area contributed by atoms with Crippen LogP contribution in [0.25, 0.3) is 0 Å². The van der Waals surface area contributed by atoms with Crippen LogP contribution in [0.2, 0.25) is 0 Å². The van der Waals surface area contributed by atoms with Crippen molar-refractivity contribution in [3.05, 3.63) is 60.2 Å². The van der Waals surface area contributed by atoms with E-state index in [1.54, 1.807) is 7.11 Å². The van der Waals surface area contributed by atoms with Gasteiger partial charge in [0, 0.05) is 4.90 Å². The van der Waals surface area contributed by atoms with Gasteiger partial charge in [0.2, 0.25) is 0 Å². The zero-order valence-corrected chi connectivity index (χ0v) is 13.1. The first-order chi connectivity index (χ1) is 10.2. The highest BCUT2D eigenvalue weighted by Crippen LogP contribution is 2.13. The van der Waals surface area contributed by atoms with Gasteiger partial charge in [-0.1, -0.05) is 30.3 Å². The molecule has 2 aromatic carbocycles. The molecule has 0 saturated heterocycles. The Morgan fingerprint density at radius 1 is 1.05 bits per heavy atom. The molecule has 0 spiro atoms. The predicted octanol–water partition coefficient (Wildman–Crippen LogP) is 3.41. The van der Waals surface area contributed by atoms with Crippen molar-refractivity contribution in [1.29, 1.82) is 0 Å². The number of hydrogen-bond acceptors (Lipinski definition) is 3. The van der Waals surface area contributed by atoms with Crippen molar-refractivity contribution in [2.45, 2.75) is 24.5 Å². The topological polar surface area (TPSA) is 35.5 Å². The maximum Gasteiger partial charge on any atom is 0.118 e. The minimum Gasteiger partial charge on any atom is -0.497 e. The van der Waals surface area contributed by atoms with Crippen LogP contribution in [0.3, 0.4) is 0 Å². The zero-order chi connectivity index (χ0) is 15.1. The van der Waals surface area contributed by atoms with E-state index in [1.165, 1.54) is 0 Å². The molecule has 0 amide bonds. The predicted molar refractivity (Wildman–Crippen MR) is 85.0 cm³/mol. The van der Waals surface area contributed by atoms with Crippen LogP contribution in [0, 0.1) is 0 Å². The van der Waals surface area contributed by atoms with Crippen molar-refractivity contribution in [2.24, 2.45) is 0 Å². The van der Waals surface area contributed by atoms with Crippen LogP contribution in [0.5, 0.6) is 5.75 Å². The van der Waals surface area contributed by atoms with Crippen molar-refractivity contribution in [2.75, 3.05) is 12.9 Å². The second kappa shape index (κ2) is 7.96. The maximum atomic E-state index is 12.2. The molecule has 0 fully saturated rings. The Kier molecular flexibility index (Phi) is 5.96. The fourth-order valence-electron chi connectivity index (χ4n) is 1.89. The van der Waals surface area contributed by atoms with E-state index >= 15 is 0 Å². The number of hydrogen-bond donors (Lipinski definition) is 0. The fourth-order valence-corrected chi connectivity index (χ4v) is 3.07. The minimum atomic E-state index is -1.02. The summed E-state index contributed by atoms with van der Waals surface area (Å²) in [7, 11) is 0.624. The smallest absolute Gasteiger partial charge is 0.118 e. The third-order valence-electron chi connectivity index (χ3n) is 3.09. The van der Waals surface area contributed by atoms with Gasteiger partial charge in [-0.05, 0) is 36.8 Å². The molecule has 0 aliphatic carbocycles. The van der Waals surface area contributed by atoms with Crippen LogP contribution in [0.1, 0.15) is 12.5 Å². The lowest BCUT2D eigenvalue weighted by atomic mass is 10.2. The highest BCUT2D eigenvalue weighted by atomic mass is 32.2. The van der Waals surface area contributed by atoms with E-state index in [9.17, 15) is 4.21 Å². The van der Waals surface area contributed by atoms with Crippen molar-refractivity contribution >= 4 is 10.8 Å². The van der Waals surface area contributed by atoms with Gasteiger partial charge in [-0.3, -0.25) is 4.21 Å². The van der Waals surface area contributed by atoms with Gasteiger partial charge in [0.25, 0.3) is 0 Å². The molecule has 0 bridgehead atoms. The Hall–Kier alpha value is -1.65. The lowest BCUT2D eigenvalue weighted by Crippen LogP contribution is -2.17. The first-order valence-electron chi connectivity index (χ1n) is 6.87. The molecule has 3 nitrogen and oxygen atoms in total. The molecule has 0 aliphatic rings. The lowest BCUT2D eigenvalue weighted by Gasteiger charge is -2.13. The second-order valence-electron chi connectivity index (χ2n) is 4.79. The van der Waals surface area contributed by atoms with Gasteiger partial charge in [0.05, 0.1) is 36.4 Å². The van der Waals surface area contributed by atoms with E-state index < -0.39 is 10.8 Å². The number of benzene rings is 2. The summed E-state index contributed by atoms with van der Waals surface area (Å²) in [6.45, 7) is 2.46. The van der Waals surface area contributed by atoms with Gasteiger partial charge < -0.3 is 9.47 Å². The molecule has 112 valence electrons. The van der Waals surface area contributed by atoms with E-state index in [0.717, 1.165) is 16.2 Å². The lowest BCUT2D eigenvalue weighted by molar-refractivity contribution is 0.0682. The van der Waals surface area contributed by atoms with Crippen LogP contribution in [0.4, 0.5) is 0 Å². The third-order valence-corrected chi connectivity index (χ3v) is 4.66. The summed E-state index contributed by atoms with van der Waals surface area (Å²) in [5.74, 6) is 1.33. The number of rotatable bonds is 7. The van der Waals surface area contributed by atoms with Gasteiger partial charge >= 0.3 is 0 Å². The number of ether oxygens (including phenoxy) is 2. The van der Waals surface area contributed by atoms with Gasteiger partial charge in [0.15, 0.2) is 0 Å². The quantitative estimate of drug-likeness (QED) is 0.786. The van der Waals surface area contributed by atoms with Crippen molar-refractivity contribution in [3.8, 4) is 5.75 Å². The maximum absolute atomic E-state index is 12.2. The van der Waals surface area contributed by atoms with Gasteiger partial charge in [-0.25, -0.2) is 0 Å². The van der Waals surface area contributed by atoms with E-state index in [1.807, 2.05) is 61.5 Å². The average Bonchev–Trinajstić information content (AvgIpc) is 2.54. The Bertz CT molecular complexity index is 566. The summed E-state index contributed by atoms with van der Waals surface area (Å²) < 4.78 is 23.0. The first kappa shape index (κ1) is 15.7. The largest absolute Gasteiger partial charge is 0.497 e. The Morgan fingerprint density at radius 3 is 2.33 bits per heavy atom. The molecule has 4 heteroatoms. The fraction of sp³-hybridized carbons (Fsp3) is 0.294. The Morgan fingerprint density at radius 2 is 1.71 bits per heavy atom. The summed E-state index contributed by atoms with van der Waals surface area (Å²) in [5.41, 5.74) is 1.08. The molecule has 2 aromatic rings. The Balaban J connectivity index is 1.81. The molecule has 0 aliphatic heterocycles. The molecule has 2 rings (SSSR count). The van der Waals surface area contributed by atoms with E-state index in [-0.39, 0.29) is 6.10 Å². The van der Waals surface area contributed by atoms with Crippen LogP contribution in [-0.4, -0.2) is 23.2 Å². The summed E-state index contributed by atoms with van der Waals surface area (Å²) >= 11 is 0. The van der Waals surface area contributed by atoms with E-state index in [2.05, 4.69) is 0 Å². The molecule has 1 unspecified atom stereocenters. The van der Waals surface area contributed by atoms with Crippen molar-refractivity contribution in [3.63, 3.8) is 0 Å². The standard InChI is InChI=1S/C17H20O3S/c1-14(13-21(18)17-6-4-3-5-7-17)20-12-15-8-10-16(19-2)11-9-15/h3-11,14H,12-13H2,1-2H3/t14-,21?/m1/s1. The highest BCUT2D eigenvalue weighted by Gasteiger charge is 2.10.